The Morgan fingerprint density at radius 1 is 1.16 bits per heavy atom. The Morgan fingerprint density at radius 3 is 2.53 bits per heavy atom. The lowest BCUT2D eigenvalue weighted by molar-refractivity contribution is 0.102. The maximum atomic E-state index is 12.0. The zero-order valence-corrected chi connectivity index (χ0v) is 10.6. The lowest BCUT2D eigenvalue weighted by Crippen LogP contribution is -2.12. The van der Waals surface area contributed by atoms with Gasteiger partial charge < -0.3 is 15.2 Å². The molecule has 0 saturated carbocycles. The Hall–Kier alpha value is -2.49. The number of benzene rings is 2. The van der Waals surface area contributed by atoms with Gasteiger partial charge in [-0.15, -0.1) is 0 Å². The summed E-state index contributed by atoms with van der Waals surface area (Å²) in [4.78, 5) is 12.0. The molecule has 4 heteroatoms. The molecule has 0 radical (unpaired) electrons. The number of rotatable bonds is 4. The van der Waals surface area contributed by atoms with Crippen molar-refractivity contribution >= 4 is 11.6 Å². The summed E-state index contributed by atoms with van der Waals surface area (Å²) in [7, 11) is 0. The van der Waals surface area contributed by atoms with Crippen LogP contribution in [0.4, 0.5) is 5.69 Å². The van der Waals surface area contributed by atoms with Crippen LogP contribution in [0.5, 0.6) is 11.5 Å². The predicted molar refractivity (Wildman–Crippen MR) is 73.7 cm³/mol. The molecule has 0 saturated heterocycles. The van der Waals surface area contributed by atoms with Crippen molar-refractivity contribution in [1.29, 1.82) is 0 Å². The molecule has 4 nitrogen and oxygen atoms in total. The van der Waals surface area contributed by atoms with Gasteiger partial charge in [0, 0.05) is 5.56 Å². The molecule has 0 aliphatic rings. The Labute approximate surface area is 111 Å². The zero-order valence-electron chi connectivity index (χ0n) is 10.6. The summed E-state index contributed by atoms with van der Waals surface area (Å²) in [5.41, 5.74) is 1.10. The molecule has 1 amide bonds. The summed E-state index contributed by atoms with van der Waals surface area (Å²) in [6.45, 7) is 2.42. The standard InChI is InChI=1S/C15H15NO3/c1-2-19-14-6-4-3-5-13(14)16-15(18)11-7-9-12(17)10-8-11/h3-10,17H,2H2,1H3,(H,16,18). The smallest absolute Gasteiger partial charge is 0.255 e. The number of nitrogens with one attached hydrogen (secondary N) is 1. The number of hydrogen-bond acceptors (Lipinski definition) is 3. The van der Waals surface area contributed by atoms with Gasteiger partial charge in [-0.2, -0.15) is 0 Å². The first-order valence-electron chi connectivity index (χ1n) is 6.03. The van der Waals surface area contributed by atoms with Gasteiger partial charge in [0.1, 0.15) is 11.5 Å². The van der Waals surface area contributed by atoms with Crippen molar-refractivity contribution in [2.75, 3.05) is 11.9 Å². The average Bonchev–Trinajstić information content (AvgIpc) is 2.42. The molecule has 0 fully saturated rings. The largest absolute Gasteiger partial charge is 0.508 e. The Kier molecular flexibility index (Phi) is 4.03. The number of para-hydroxylation sites is 2. The van der Waals surface area contributed by atoms with E-state index < -0.39 is 0 Å². The number of hydrogen-bond donors (Lipinski definition) is 2. The van der Waals surface area contributed by atoms with E-state index in [1.165, 1.54) is 12.1 Å². The summed E-state index contributed by atoms with van der Waals surface area (Å²) in [5.74, 6) is 0.524. The van der Waals surface area contributed by atoms with Crippen LogP contribution in [0.3, 0.4) is 0 Å². The highest BCUT2D eigenvalue weighted by atomic mass is 16.5. The normalized spacial score (nSPS) is 9.95. The van der Waals surface area contributed by atoms with Crippen molar-refractivity contribution in [1.82, 2.24) is 0 Å². The fraction of sp³-hybridized carbons (Fsp3) is 0.133. The Morgan fingerprint density at radius 2 is 1.84 bits per heavy atom. The summed E-state index contributed by atoms with van der Waals surface area (Å²) in [6, 6.07) is 13.3. The van der Waals surface area contributed by atoms with E-state index in [0.29, 0.717) is 23.6 Å². The van der Waals surface area contributed by atoms with E-state index in [1.54, 1.807) is 24.3 Å². The van der Waals surface area contributed by atoms with E-state index in [4.69, 9.17) is 4.74 Å². The van der Waals surface area contributed by atoms with Crippen LogP contribution in [0.25, 0.3) is 0 Å². The average molecular weight is 257 g/mol. The van der Waals surface area contributed by atoms with E-state index in [-0.39, 0.29) is 11.7 Å². The molecule has 19 heavy (non-hydrogen) atoms. The van der Waals surface area contributed by atoms with E-state index in [1.807, 2.05) is 19.1 Å². The highest BCUT2D eigenvalue weighted by Gasteiger charge is 2.09. The van der Waals surface area contributed by atoms with Gasteiger partial charge in [-0.1, -0.05) is 12.1 Å². The number of phenolic OH excluding ortho intramolecular Hbond substituents is 1. The van der Waals surface area contributed by atoms with Crippen LogP contribution in [-0.2, 0) is 0 Å². The maximum Gasteiger partial charge on any atom is 0.255 e. The van der Waals surface area contributed by atoms with Gasteiger partial charge in [-0.3, -0.25) is 4.79 Å². The second-order valence-electron chi connectivity index (χ2n) is 3.93. The third kappa shape index (κ3) is 3.25. The third-order valence-electron chi connectivity index (χ3n) is 2.56. The molecule has 0 heterocycles. The topological polar surface area (TPSA) is 58.6 Å². The van der Waals surface area contributed by atoms with Crippen molar-refractivity contribution in [3.63, 3.8) is 0 Å². The SMILES string of the molecule is CCOc1ccccc1NC(=O)c1ccc(O)cc1. The number of carbonyl (C=O) groups is 1. The van der Waals surface area contributed by atoms with Crippen molar-refractivity contribution < 1.29 is 14.6 Å². The Balaban J connectivity index is 2.16. The van der Waals surface area contributed by atoms with E-state index in [0.717, 1.165) is 0 Å². The van der Waals surface area contributed by atoms with Gasteiger partial charge in [0.05, 0.1) is 12.3 Å². The molecule has 0 aliphatic heterocycles. The fourth-order valence-electron chi connectivity index (χ4n) is 1.66. The van der Waals surface area contributed by atoms with E-state index in [9.17, 15) is 9.90 Å². The summed E-state index contributed by atoms with van der Waals surface area (Å²) in [6.07, 6.45) is 0. The molecule has 0 aromatic heterocycles. The Bertz CT molecular complexity index is 564. The number of anilines is 1. The lowest BCUT2D eigenvalue weighted by Gasteiger charge is -2.11. The monoisotopic (exact) mass is 257 g/mol. The minimum absolute atomic E-state index is 0.131. The van der Waals surface area contributed by atoms with Crippen LogP contribution in [0.2, 0.25) is 0 Å². The summed E-state index contributed by atoms with van der Waals surface area (Å²) in [5, 5.41) is 12.0. The van der Waals surface area contributed by atoms with Crippen LogP contribution in [0.15, 0.2) is 48.5 Å². The van der Waals surface area contributed by atoms with Gasteiger partial charge in [-0.05, 0) is 43.3 Å². The molecule has 2 aromatic rings. The van der Waals surface area contributed by atoms with Crippen molar-refractivity contribution in [2.45, 2.75) is 6.92 Å². The fourth-order valence-corrected chi connectivity index (χ4v) is 1.66. The van der Waals surface area contributed by atoms with Crippen LogP contribution >= 0.6 is 0 Å². The van der Waals surface area contributed by atoms with Crippen LogP contribution in [0.1, 0.15) is 17.3 Å². The van der Waals surface area contributed by atoms with E-state index >= 15 is 0 Å². The minimum Gasteiger partial charge on any atom is -0.508 e. The molecule has 0 spiro atoms. The van der Waals surface area contributed by atoms with Gasteiger partial charge in [0.2, 0.25) is 0 Å². The lowest BCUT2D eigenvalue weighted by atomic mass is 10.2. The first-order valence-corrected chi connectivity index (χ1v) is 6.03. The highest BCUT2D eigenvalue weighted by Crippen LogP contribution is 2.24. The quantitative estimate of drug-likeness (QED) is 0.885. The molecule has 98 valence electrons. The highest BCUT2D eigenvalue weighted by molar-refractivity contribution is 6.05. The number of carbonyl (C=O) groups excluding carboxylic acids is 1. The van der Waals surface area contributed by atoms with Gasteiger partial charge in [-0.25, -0.2) is 0 Å². The van der Waals surface area contributed by atoms with Crippen LogP contribution in [0, 0.1) is 0 Å². The zero-order chi connectivity index (χ0) is 13.7. The van der Waals surface area contributed by atoms with Gasteiger partial charge in [0.25, 0.3) is 5.91 Å². The molecule has 0 atom stereocenters. The maximum absolute atomic E-state index is 12.0. The minimum atomic E-state index is -0.243. The molecular formula is C15H15NO3. The number of amides is 1. The molecule has 0 unspecified atom stereocenters. The van der Waals surface area contributed by atoms with Crippen molar-refractivity contribution in [2.24, 2.45) is 0 Å². The van der Waals surface area contributed by atoms with Gasteiger partial charge in [0.15, 0.2) is 0 Å². The third-order valence-corrected chi connectivity index (χ3v) is 2.56. The molecule has 0 aliphatic carbocycles. The molecule has 2 rings (SSSR count). The van der Waals surface area contributed by atoms with Gasteiger partial charge >= 0.3 is 0 Å². The van der Waals surface area contributed by atoms with Crippen molar-refractivity contribution in [3.8, 4) is 11.5 Å². The van der Waals surface area contributed by atoms with Crippen molar-refractivity contribution in [3.05, 3.63) is 54.1 Å². The second-order valence-corrected chi connectivity index (χ2v) is 3.93. The molecule has 2 aromatic carbocycles. The number of ether oxygens (including phenoxy) is 1. The summed E-state index contributed by atoms with van der Waals surface area (Å²) >= 11 is 0. The number of aromatic hydroxyl groups is 1. The first kappa shape index (κ1) is 13.0. The van der Waals surface area contributed by atoms with Crippen LogP contribution in [-0.4, -0.2) is 17.6 Å². The van der Waals surface area contributed by atoms with E-state index in [2.05, 4.69) is 5.32 Å². The summed E-state index contributed by atoms with van der Waals surface area (Å²) < 4.78 is 5.44. The molecule has 0 bridgehead atoms. The molecule has 2 N–H and O–H groups in total. The first-order chi connectivity index (χ1) is 9.20. The second kappa shape index (κ2) is 5.91. The predicted octanol–water partition coefficient (Wildman–Crippen LogP) is 3.04. The van der Waals surface area contributed by atoms with Crippen LogP contribution < -0.4 is 10.1 Å². The molecular weight excluding hydrogens is 242 g/mol. The number of phenols is 1.